The van der Waals surface area contributed by atoms with Crippen molar-refractivity contribution >= 4 is 35.0 Å². The number of carbonyl (C=O) groups is 1. The molecule has 0 radical (unpaired) electrons. The lowest BCUT2D eigenvalue weighted by atomic mass is 9.92. The van der Waals surface area contributed by atoms with Crippen molar-refractivity contribution in [1.29, 1.82) is 0 Å². The Morgan fingerprint density at radius 3 is 2.65 bits per heavy atom. The first-order chi connectivity index (χ1) is 9.45. The van der Waals surface area contributed by atoms with Gasteiger partial charge in [-0.15, -0.1) is 11.8 Å². The van der Waals surface area contributed by atoms with Gasteiger partial charge in [-0.2, -0.15) is 0 Å². The molecule has 5 heteroatoms. The Balaban J connectivity index is 1.91. The van der Waals surface area contributed by atoms with Crippen LogP contribution in [0.3, 0.4) is 0 Å². The van der Waals surface area contributed by atoms with Gasteiger partial charge in [-0.3, -0.25) is 4.79 Å². The molecular weight excluding hydrogens is 292 g/mol. The van der Waals surface area contributed by atoms with Crippen LogP contribution in [-0.4, -0.2) is 29.6 Å². The standard InChI is InChI=1S/C15H21ClN2OS/c1-10-5-11(2)8-18(7-10)15(19)9-20-14-4-3-12(16)6-13(14)17/h3-4,6,10-11H,5,7-9,17H2,1-2H3. The van der Waals surface area contributed by atoms with Gasteiger partial charge in [0.05, 0.1) is 5.75 Å². The van der Waals surface area contributed by atoms with Crippen LogP contribution < -0.4 is 5.73 Å². The van der Waals surface area contributed by atoms with E-state index in [9.17, 15) is 4.79 Å². The highest BCUT2D eigenvalue weighted by Crippen LogP contribution is 2.28. The molecule has 2 rings (SSSR count). The maximum atomic E-state index is 12.3. The number of rotatable bonds is 3. The average molecular weight is 313 g/mol. The van der Waals surface area contributed by atoms with Gasteiger partial charge in [0.15, 0.2) is 0 Å². The summed E-state index contributed by atoms with van der Waals surface area (Å²) in [4.78, 5) is 15.2. The van der Waals surface area contributed by atoms with Crippen LogP contribution in [0.2, 0.25) is 5.02 Å². The predicted molar refractivity (Wildman–Crippen MR) is 86.1 cm³/mol. The van der Waals surface area contributed by atoms with E-state index in [1.54, 1.807) is 12.1 Å². The number of piperidine rings is 1. The molecule has 1 aromatic rings. The van der Waals surface area contributed by atoms with E-state index in [-0.39, 0.29) is 5.91 Å². The fourth-order valence-electron chi connectivity index (χ4n) is 2.75. The van der Waals surface area contributed by atoms with E-state index in [0.29, 0.717) is 28.3 Å². The van der Waals surface area contributed by atoms with Crippen molar-refractivity contribution in [3.05, 3.63) is 23.2 Å². The molecule has 1 heterocycles. The van der Waals surface area contributed by atoms with E-state index in [1.807, 2.05) is 11.0 Å². The highest BCUT2D eigenvalue weighted by Gasteiger charge is 2.25. The predicted octanol–water partition coefficient (Wildman–Crippen LogP) is 3.52. The van der Waals surface area contributed by atoms with E-state index in [1.165, 1.54) is 18.2 Å². The number of amides is 1. The number of nitrogens with zero attached hydrogens (tertiary/aromatic N) is 1. The molecule has 2 atom stereocenters. The number of anilines is 1. The van der Waals surface area contributed by atoms with E-state index >= 15 is 0 Å². The largest absolute Gasteiger partial charge is 0.398 e. The summed E-state index contributed by atoms with van der Waals surface area (Å²) in [7, 11) is 0. The Kier molecular flexibility index (Phi) is 5.22. The first-order valence-electron chi connectivity index (χ1n) is 6.91. The summed E-state index contributed by atoms with van der Waals surface area (Å²) in [5, 5.41) is 0.622. The summed E-state index contributed by atoms with van der Waals surface area (Å²) in [6, 6.07) is 5.40. The maximum absolute atomic E-state index is 12.3. The number of likely N-dealkylation sites (tertiary alicyclic amines) is 1. The third kappa shape index (κ3) is 4.06. The van der Waals surface area contributed by atoms with Gasteiger partial charge in [-0.25, -0.2) is 0 Å². The number of carbonyl (C=O) groups excluding carboxylic acids is 1. The molecule has 3 nitrogen and oxygen atoms in total. The second kappa shape index (κ2) is 6.72. The van der Waals surface area contributed by atoms with Crippen molar-refractivity contribution in [2.24, 2.45) is 11.8 Å². The first kappa shape index (κ1) is 15.5. The summed E-state index contributed by atoms with van der Waals surface area (Å²) >= 11 is 7.35. The van der Waals surface area contributed by atoms with E-state index in [2.05, 4.69) is 13.8 Å². The Hall–Kier alpha value is -0.870. The Morgan fingerprint density at radius 1 is 1.40 bits per heavy atom. The number of hydrogen-bond donors (Lipinski definition) is 1. The van der Waals surface area contributed by atoms with E-state index in [4.69, 9.17) is 17.3 Å². The minimum absolute atomic E-state index is 0.197. The molecule has 110 valence electrons. The maximum Gasteiger partial charge on any atom is 0.232 e. The van der Waals surface area contributed by atoms with Gasteiger partial charge < -0.3 is 10.6 Å². The van der Waals surface area contributed by atoms with Crippen LogP contribution in [0.4, 0.5) is 5.69 Å². The Labute approximate surface area is 129 Å². The number of hydrogen-bond acceptors (Lipinski definition) is 3. The summed E-state index contributed by atoms with van der Waals surface area (Å²) in [6.07, 6.45) is 1.21. The molecule has 1 aromatic carbocycles. The SMILES string of the molecule is CC1CC(C)CN(C(=O)CSc2ccc(Cl)cc2N)C1. The van der Waals surface area contributed by atoms with Crippen molar-refractivity contribution in [2.75, 3.05) is 24.6 Å². The Morgan fingerprint density at radius 2 is 2.05 bits per heavy atom. The van der Waals surface area contributed by atoms with Crippen LogP contribution in [0, 0.1) is 11.8 Å². The monoisotopic (exact) mass is 312 g/mol. The molecule has 1 aliphatic heterocycles. The molecule has 1 aliphatic rings. The van der Waals surface area contributed by atoms with Gasteiger partial charge in [-0.05, 0) is 36.5 Å². The molecule has 1 fully saturated rings. The molecule has 0 bridgehead atoms. The first-order valence-corrected chi connectivity index (χ1v) is 8.27. The molecule has 0 aliphatic carbocycles. The van der Waals surface area contributed by atoms with Gasteiger partial charge >= 0.3 is 0 Å². The highest BCUT2D eigenvalue weighted by atomic mass is 35.5. The molecule has 2 unspecified atom stereocenters. The van der Waals surface area contributed by atoms with Gasteiger partial charge in [0, 0.05) is 28.7 Å². The van der Waals surface area contributed by atoms with Gasteiger partial charge in [0.25, 0.3) is 0 Å². The summed E-state index contributed by atoms with van der Waals surface area (Å²) in [5.41, 5.74) is 6.53. The third-order valence-electron chi connectivity index (χ3n) is 3.54. The van der Waals surface area contributed by atoms with Crippen LogP contribution >= 0.6 is 23.4 Å². The van der Waals surface area contributed by atoms with E-state index in [0.717, 1.165) is 18.0 Å². The third-order valence-corrected chi connectivity index (χ3v) is 4.85. The normalized spacial score (nSPS) is 22.9. The van der Waals surface area contributed by atoms with Crippen LogP contribution in [0.25, 0.3) is 0 Å². The van der Waals surface area contributed by atoms with Crippen LogP contribution in [0.1, 0.15) is 20.3 Å². The van der Waals surface area contributed by atoms with Gasteiger partial charge in [0.1, 0.15) is 0 Å². The number of nitrogens with two attached hydrogens (primary N) is 1. The fraction of sp³-hybridized carbons (Fsp3) is 0.533. The van der Waals surface area contributed by atoms with Crippen LogP contribution in [-0.2, 0) is 4.79 Å². The minimum atomic E-state index is 0.197. The average Bonchev–Trinajstić information content (AvgIpc) is 2.36. The second-order valence-electron chi connectivity index (χ2n) is 5.72. The van der Waals surface area contributed by atoms with Crippen molar-refractivity contribution in [2.45, 2.75) is 25.2 Å². The lowest BCUT2D eigenvalue weighted by Crippen LogP contribution is -2.43. The molecule has 20 heavy (non-hydrogen) atoms. The molecule has 0 aromatic heterocycles. The lowest BCUT2D eigenvalue weighted by molar-refractivity contribution is -0.130. The topological polar surface area (TPSA) is 46.3 Å². The molecule has 1 amide bonds. The number of benzene rings is 1. The molecule has 0 saturated carbocycles. The highest BCUT2D eigenvalue weighted by molar-refractivity contribution is 8.00. The zero-order chi connectivity index (χ0) is 14.7. The molecular formula is C15H21ClN2OS. The lowest BCUT2D eigenvalue weighted by Gasteiger charge is -2.35. The van der Waals surface area contributed by atoms with Crippen molar-refractivity contribution in [3.8, 4) is 0 Å². The quantitative estimate of drug-likeness (QED) is 0.686. The number of thioether (sulfide) groups is 1. The summed E-state index contributed by atoms with van der Waals surface area (Å²) in [6.45, 7) is 6.17. The van der Waals surface area contributed by atoms with Crippen LogP contribution in [0.15, 0.2) is 23.1 Å². The van der Waals surface area contributed by atoms with Crippen molar-refractivity contribution in [1.82, 2.24) is 4.90 Å². The zero-order valence-electron chi connectivity index (χ0n) is 11.9. The minimum Gasteiger partial charge on any atom is -0.398 e. The van der Waals surface area contributed by atoms with Crippen LogP contribution in [0.5, 0.6) is 0 Å². The number of halogens is 1. The summed E-state index contributed by atoms with van der Waals surface area (Å²) < 4.78 is 0. The molecule has 2 N–H and O–H groups in total. The molecule has 1 saturated heterocycles. The number of nitrogen functional groups attached to an aromatic ring is 1. The zero-order valence-corrected chi connectivity index (χ0v) is 13.5. The fourth-order valence-corrected chi connectivity index (χ4v) is 3.78. The summed E-state index contributed by atoms with van der Waals surface area (Å²) in [5.74, 6) is 1.81. The second-order valence-corrected chi connectivity index (χ2v) is 7.17. The van der Waals surface area contributed by atoms with Crippen molar-refractivity contribution in [3.63, 3.8) is 0 Å². The molecule has 0 spiro atoms. The Bertz CT molecular complexity index is 485. The van der Waals surface area contributed by atoms with E-state index < -0.39 is 0 Å². The van der Waals surface area contributed by atoms with Gasteiger partial charge in [-0.1, -0.05) is 25.4 Å². The van der Waals surface area contributed by atoms with Crippen molar-refractivity contribution < 1.29 is 4.79 Å². The smallest absolute Gasteiger partial charge is 0.232 e. The van der Waals surface area contributed by atoms with Gasteiger partial charge in [0.2, 0.25) is 5.91 Å².